The number of carbonyl (C=O) groups excluding carboxylic acids is 1. The molecule has 0 aliphatic heterocycles. The largest absolute Gasteiger partial charge is 0.491 e. The molecular formula is C23H27N7O2S. The van der Waals surface area contributed by atoms with E-state index in [4.69, 9.17) is 10.5 Å². The molecule has 4 aromatic rings. The number of amides is 1. The summed E-state index contributed by atoms with van der Waals surface area (Å²) in [6.07, 6.45) is 6.56. The van der Waals surface area contributed by atoms with Crippen molar-refractivity contribution in [3.05, 3.63) is 35.1 Å². The van der Waals surface area contributed by atoms with Gasteiger partial charge in [0, 0.05) is 36.3 Å². The summed E-state index contributed by atoms with van der Waals surface area (Å²) in [6, 6.07) is 3.95. The molecule has 5 rings (SSSR count). The van der Waals surface area contributed by atoms with Crippen molar-refractivity contribution in [2.45, 2.75) is 25.7 Å². The molecule has 3 aromatic heterocycles. The number of thiophene rings is 1. The monoisotopic (exact) mass is 465 g/mol. The van der Waals surface area contributed by atoms with Crippen molar-refractivity contribution in [1.29, 1.82) is 0 Å². The number of rotatable bonds is 7. The number of carbonyl (C=O) groups is 1. The van der Waals surface area contributed by atoms with Crippen molar-refractivity contribution < 1.29 is 9.53 Å². The highest BCUT2D eigenvalue weighted by Gasteiger charge is 2.30. The lowest BCUT2D eigenvalue weighted by molar-refractivity contribution is -0.133. The van der Waals surface area contributed by atoms with E-state index in [1.807, 2.05) is 26.2 Å². The average molecular weight is 466 g/mol. The Morgan fingerprint density at radius 3 is 3.06 bits per heavy atom. The van der Waals surface area contributed by atoms with Gasteiger partial charge in [-0.15, -0.1) is 11.3 Å². The number of hydrogen-bond donors (Lipinski definition) is 3. The van der Waals surface area contributed by atoms with Gasteiger partial charge in [-0.3, -0.25) is 9.89 Å². The molecule has 1 atom stereocenters. The number of aryl methyl sites for hydroxylation is 1. The minimum absolute atomic E-state index is 0.0241. The Labute approximate surface area is 195 Å². The zero-order valence-electron chi connectivity index (χ0n) is 18.7. The number of nitrogens with zero attached hydrogens (tertiary/aromatic N) is 4. The first-order chi connectivity index (χ1) is 16.0. The maximum absolute atomic E-state index is 12.5. The van der Waals surface area contributed by atoms with Gasteiger partial charge in [-0.25, -0.2) is 9.97 Å². The molecule has 3 heterocycles. The van der Waals surface area contributed by atoms with Crippen molar-refractivity contribution in [3.8, 4) is 5.75 Å². The number of hydrogen-bond acceptors (Lipinski definition) is 8. The van der Waals surface area contributed by atoms with Gasteiger partial charge in [0.05, 0.1) is 29.4 Å². The minimum Gasteiger partial charge on any atom is -0.491 e. The first-order valence-corrected chi connectivity index (χ1v) is 11.9. The number of anilines is 2. The van der Waals surface area contributed by atoms with E-state index >= 15 is 0 Å². The SMILES string of the molecule is CN(C)C(=O)C1CCc2c(sc3ncnc(Nc4cc5cn[nH]c5cc4OCCCN)c23)C1. The van der Waals surface area contributed by atoms with Crippen LogP contribution in [0.15, 0.2) is 24.7 Å². The number of aromatic nitrogens is 4. The highest BCUT2D eigenvalue weighted by Crippen LogP contribution is 2.41. The van der Waals surface area contributed by atoms with Gasteiger partial charge in [0.15, 0.2) is 0 Å². The van der Waals surface area contributed by atoms with Crippen LogP contribution in [0.25, 0.3) is 21.1 Å². The molecule has 10 heteroatoms. The molecule has 1 aromatic carbocycles. The Bertz CT molecular complexity index is 1310. The second-order valence-electron chi connectivity index (χ2n) is 8.50. The minimum atomic E-state index is 0.0241. The third kappa shape index (κ3) is 4.11. The van der Waals surface area contributed by atoms with E-state index in [0.717, 1.165) is 58.3 Å². The number of benzene rings is 1. The van der Waals surface area contributed by atoms with Crippen LogP contribution in [-0.2, 0) is 17.6 Å². The first kappa shape index (κ1) is 21.6. The molecule has 9 nitrogen and oxygen atoms in total. The summed E-state index contributed by atoms with van der Waals surface area (Å²) < 4.78 is 6.02. The number of ether oxygens (including phenoxy) is 1. The van der Waals surface area contributed by atoms with E-state index in [-0.39, 0.29) is 11.8 Å². The zero-order chi connectivity index (χ0) is 22.9. The van der Waals surface area contributed by atoms with Crippen LogP contribution >= 0.6 is 11.3 Å². The maximum atomic E-state index is 12.5. The average Bonchev–Trinajstić information content (AvgIpc) is 3.42. The molecule has 1 unspecified atom stereocenters. The van der Waals surface area contributed by atoms with E-state index in [0.29, 0.717) is 18.9 Å². The molecule has 0 radical (unpaired) electrons. The summed E-state index contributed by atoms with van der Waals surface area (Å²) in [6.45, 7) is 1.10. The Kier molecular flexibility index (Phi) is 5.86. The third-order valence-electron chi connectivity index (χ3n) is 6.03. The predicted molar refractivity (Wildman–Crippen MR) is 130 cm³/mol. The van der Waals surface area contributed by atoms with Gasteiger partial charge in [-0.05, 0) is 43.9 Å². The molecule has 0 fully saturated rings. The molecule has 33 heavy (non-hydrogen) atoms. The fourth-order valence-electron chi connectivity index (χ4n) is 4.36. The van der Waals surface area contributed by atoms with Gasteiger partial charge in [0.25, 0.3) is 0 Å². The fraction of sp³-hybridized carbons (Fsp3) is 0.391. The predicted octanol–water partition coefficient (Wildman–Crippen LogP) is 3.23. The van der Waals surface area contributed by atoms with Gasteiger partial charge in [0.2, 0.25) is 5.91 Å². The van der Waals surface area contributed by atoms with Crippen LogP contribution in [-0.4, -0.2) is 58.2 Å². The Morgan fingerprint density at radius 2 is 2.24 bits per heavy atom. The van der Waals surface area contributed by atoms with Crippen LogP contribution in [0.2, 0.25) is 0 Å². The zero-order valence-corrected chi connectivity index (χ0v) is 19.5. The van der Waals surface area contributed by atoms with Gasteiger partial charge in [0.1, 0.15) is 22.7 Å². The fourth-order valence-corrected chi connectivity index (χ4v) is 5.63. The van der Waals surface area contributed by atoms with Crippen molar-refractivity contribution in [1.82, 2.24) is 25.1 Å². The van der Waals surface area contributed by atoms with E-state index in [1.165, 1.54) is 10.4 Å². The lowest BCUT2D eigenvalue weighted by atomic mass is 9.87. The van der Waals surface area contributed by atoms with E-state index in [2.05, 4.69) is 25.5 Å². The van der Waals surface area contributed by atoms with Gasteiger partial charge < -0.3 is 20.7 Å². The number of fused-ring (bicyclic) bond motifs is 4. The molecule has 4 N–H and O–H groups in total. The van der Waals surface area contributed by atoms with Crippen LogP contribution in [0.3, 0.4) is 0 Å². The molecule has 1 amide bonds. The highest BCUT2D eigenvalue weighted by molar-refractivity contribution is 7.19. The highest BCUT2D eigenvalue weighted by atomic mass is 32.1. The van der Waals surface area contributed by atoms with Crippen LogP contribution in [0, 0.1) is 5.92 Å². The van der Waals surface area contributed by atoms with Crippen LogP contribution in [0.5, 0.6) is 5.75 Å². The summed E-state index contributed by atoms with van der Waals surface area (Å²) in [7, 11) is 3.64. The lowest BCUT2D eigenvalue weighted by Gasteiger charge is -2.24. The Morgan fingerprint density at radius 1 is 1.36 bits per heavy atom. The quantitative estimate of drug-likeness (QED) is 0.358. The van der Waals surface area contributed by atoms with Gasteiger partial charge >= 0.3 is 0 Å². The summed E-state index contributed by atoms with van der Waals surface area (Å²) in [5.41, 5.74) is 8.60. The summed E-state index contributed by atoms with van der Waals surface area (Å²) >= 11 is 1.66. The van der Waals surface area contributed by atoms with Crippen LogP contribution in [0.4, 0.5) is 11.5 Å². The molecule has 1 aliphatic carbocycles. The van der Waals surface area contributed by atoms with Gasteiger partial charge in [-0.2, -0.15) is 5.10 Å². The summed E-state index contributed by atoms with van der Waals surface area (Å²) in [4.78, 5) is 25.5. The topological polar surface area (TPSA) is 122 Å². The number of nitrogens with two attached hydrogens (primary N) is 1. The maximum Gasteiger partial charge on any atom is 0.225 e. The Hall–Kier alpha value is -3.24. The van der Waals surface area contributed by atoms with Gasteiger partial charge in [-0.1, -0.05) is 0 Å². The molecule has 0 spiro atoms. The van der Waals surface area contributed by atoms with Crippen molar-refractivity contribution in [2.75, 3.05) is 32.6 Å². The molecule has 172 valence electrons. The first-order valence-electron chi connectivity index (χ1n) is 11.1. The molecule has 0 bridgehead atoms. The van der Waals surface area contributed by atoms with E-state index in [9.17, 15) is 4.79 Å². The molecule has 1 aliphatic rings. The number of aromatic amines is 1. The second kappa shape index (κ2) is 8.95. The van der Waals surface area contributed by atoms with Crippen LogP contribution in [0.1, 0.15) is 23.3 Å². The van der Waals surface area contributed by atoms with E-state index < -0.39 is 0 Å². The number of nitrogens with one attached hydrogen (secondary N) is 2. The lowest BCUT2D eigenvalue weighted by Crippen LogP contribution is -2.32. The Balaban J connectivity index is 1.51. The van der Waals surface area contributed by atoms with Crippen molar-refractivity contribution in [2.24, 2.45) is 11.7 Å². The van der Waals surface area contributed by atoms with Crippen LogP contribution < -0.4 is 15.8 Å². The van der Waals surface area contributed by atoms with Crippen molar-refractivity contribution in [3.63, 3.8) is 0 Å². The normalized spacial score (nSPS) is 15.5. The molecular weight excluding hydrogens is 438 g/mol. The summed E-state index contributed by atoms with van der Waals surface area (Å²) in [5, 5.41) is 12.6. The number of H-pyrrole nitrogens is 1. The standard InChI is InChI=1S/C23H27N7O2S/c1-30(2)23(31)13-4-5-15-19(9-13)33-22-20(15)21(25-12-26-22)28-17-8-14-11-27-29-16(14)10-18(17)32-7-3-6-24/h8,10-13H,3-7,9,24H2,1-2H3,(H,27,29)(H,25,26,28). The smallest absolute Gasteiger partial charge is 0.225 e. The summed E-state index contributed by atoms with van der Waals surface area (Å²) in [5.74, 6) is 1.68. The molecule has 0 saturated carbocycles. The molecule has 0 saturated heterocycles. The van der Waals surface area contributed by atoms with Crippen molar-refractivity contribution >= 4 is 49.9 Å². The third-order valence-corrected chi connectivity index (χ3v) is 7.20. The second-order valence-corrected chi connectivity index (χ2v) is 9.58. The van der Waals surface area contributed by atoms with E-state index in [1.54, 1.807) is 28.8 Å².